The monoisotopic (exact) mass is 392 g/mol. The standard InChI is InChI=1S/C22H28N6O/c1-4-26-9-11-27(12-10-26)20-7-5-19(6-8-20)25-22(29)18-13-17-15-24-28(16(2)3)21(17)23-14-18/h5-8,13-16H,4,9-12H2,1-3H3,(H,25,29). The zero-order valence-electron chi connectivity index (χ0n) is 17.3. The highest BCUT2D eigenvalue weighted by Gasteiger charge is 2.16. The van der Waals surface area contributed by atoms with E-state index in [1.807, 2.05) is 22.9 Å². The molecule has 0 saturated carbocycles. The molecule has 1 amide bonds. The highest BCUT2D eigenvalue weighted by molar-refractivity contribution is 6.05. The lowest BCUT2D eigenvalue weighted by Crippen LogP contribution is -2.46. The van der Waals surface area contributed by atoms with Gasteiger partial charge in [-0.05, 0) is 50.7 Å². The van der Waals surface area contributed by atoms with Crippen molar-refractivity contribution in [2.45, 2.75) is 26.8 Å². The normalized spacial score (nSPS) is 15.2. The van der Waals surface area contributed by atoms with Crippen LogP contribution in [-0.2, 0) is 0 Å². The molecule has 0 unspecified atom stereocenters. The summed E-state index contributed by atoms with van der Waals surface area (Å²) in [6, 6.07) is 10.1. The van der Waals surface area contributed by atoms with E-state index in [1.54, 1.807) is 12.4 Å². The van der Waals surface area contributed by atoms with Crippen molar-refractivity contribution in [1.82, 2.24) is 19.7 Å². The highest BCUT2D eigenvalue weighted by Crippen LogP contribution is 2.21. The number of benzene rings is 1. The van der Waals surface area contributed by atoms with Crippen molar-refractivity contribution in [3.8, 4) is 0 Å². The number of aromatic nitrogens is 3. The fourth-order valence-electron chi connectivity index (χ4n) is 3.72. The molecule has 1 aliphatic heterocycles. The number of carbonyl (C=O) groups excluding carboxylic acids is 1. The van der Waals surface area contributed by atoms with Gasteiger partial charge in [-0.15, -0.1) is 0 Å². The molecule has 7 nitrogen and oxygen atoms in total. The number of hydrogen-bond donors (Lipinski definition) is 1. The van der Waals surface area contributed by atoms with E-state index in [4.69, 9.17) is 0 Å². The Morgan fingerprint density at radius 1 is 1.10 bits per heavy atom. The van der Waals surface area contributed by atoms with E-state index in [0.29, 0.717) is 5.56 Å². The third kappa shape index (κ3) is 4.10. The Morgan fingerprint density at radius 3 is 2.48 bits per heavy atom. The van der Waals surface area contributed by atoms with E-state index in [-0.39, 0.29) is 11.9 Å². The summed E-state index contributed by atoms with van der Waals surface area (Å²) < 4.78 is 1.86. The van der Waals surface area contributed by atoms with Gasteiger partial charge >= 0.3 is 0 Å². The second-order valence-electron chi connectivity index (χ2n) is 7.74. The van der Waals surface area contributed by atoms with Gasteiger partial charge in [0.1, 0.15) is 0 Å². The molecule has 0 aliphatic carbocycles. The van der Waals surface area contributed by atoms with Crippen molar-refractivity contribution in [3.63, 3.8) is 0 Å². The molecule has 4 rings (SSSR count). The summed E-state index contributed by atoms with van der Waals surface area (Å²) in [5.74, 6) is -0.166. The average Bonchev–Trinajstić information content (AvgIpc) is 3.18. The van der Waals surface area contributed by atoms with E-state index in [2.05, 4.69) is 58.1 Å². The summed E-state index contributed by atoms with van der Waals surface area (Å²) in [5, 5.41) is 8.19. The maximum atomic E-state index is 12.7. The van der Waals surface area contributed by atoms with E-state index in [1.165, 1.54) is 5.69 Å². The van der Waals surface area contributed by atoms with Gasteiger partial charge in [0.05, 0.1) is 11.8 Å². The van der Waals surface area contributed by atoms with E-state index in [0.717, 1.165) is 49.4 Å². The first-order chi connectivity index (χ1) is 14.0. The number of carbonyl (C=O) groups is 1. The number of nitrogens with one attached hydrogen (secondary N) is 1. The lowest BCUT2D eigenvalue weighted by atomic mass is 10.2. The SMILES string of the molecule is CCN1CCN(c2ccc(NC(=O)c3cnc4c(cnn4C(C)C)c3)cc2)CC1. The number of rotatable bonds is 5. The molecule has 0 bridgehead atoms. The van der Waals surface area contributed by atoms with Crippen molar-refractivity contribution in [2.75, 3.05) is 42.9 Å². The number of anilines is 2. The first kappa shape index (κ1) is 19.4. The van der Waals surface area contributed by atoms with Crippen LogP contribution in [0.2, 0.25) is 0 Å². The quantitative estimate of drug-likeness (QED) is 0.721. The molecule has 1 fully saturated rings. The van der Waals surface area contributed by atoms with Gasteiger partial charge in [-0.1, -0.05) is 6.92 Å². The topological polar surface area (TPSA) is 66.3 Å². The highest BCUT2D eigenvalue weighted by atomic mass is 16.1. The van der Waals surface area contributed by atoms with Crippen LogP contribution < -0.4 is 10.2 Å². The Bertz CT molecular complexity index is 986. The van der Waals surface area contributed by atoms with Crippen molar-refractivity contribution in [3.05, 3.63) is 48.3 Å². The lowest BCUT2D eigenvalue weighted by molar-refractivity contribution is 0.102. The Balaban J connectivity index is 1.42. The molecule has 152 valence electrons. The maximum absolute atomic E-state index is 12.7. The Labute approximate surface area is 171 Å². The summed E-state index contributed by atoms with van der Waals surface area (Å²) in [4.78, 5) is 22.0. The summed E-state index contributed by atoms with van der Waals surface area (Å²) in [7, 11) is 0. The third-order valence-corrected chi connectivity index (χ3v) is 5.49. The van der Waals surface area contributed by atoms with Crippen LogP contribution in [0.4, 0.5) is 11.4 Å². The van der Waals surface area contributed by atoms with Crippen molar-refractivity contribution < 1.29 is 4.79 Å². The second-order valence-corrected chi connectivity index (χ2v) is 7.74. The van der Waals surface area contributed by atoms with E-state index >= 15 is 0 Å². The van der Waals surface area contributed by atoms with Crippen molar-refractivity contribution >= 4 is 28.3 Å². The first-order valence-corrected chi connectivity index (χ1v) is 10.3. The van der Waals surface area contributed by atoms with Gasteiger partial charge in [0.15, 0.2) is 5.65 Å². The molecule has 1 aromatic carbocycles. The molecule has 1 saturated heterocycles. The van der Waals surface area contributed by atoms with Gasteiger partial charge in [-0.3, -0.25) is 4.79 Å². The second kappa shape index (κ2) is 8.21. The Kier molecular flexibility index (Phi) is 5.49. The van der Waals surface area contributed by atoms with Gasteiger partial charge in [-0.25, -0.2) is 9.67 Å². The Morgan fingerprint density at radius 2 is 1.83 bits per heavy atom. The number of nitrogens with zero attached hydrogens (tertiary/aromatic N) is 5. The molecule has 0 atom stereocenters. The van der Waals surface area contributed by atoms with Crippen LogP contribution >= 0.6 is 0 Å². The van der Waals surface area contributed by atoms with Gasteiger partial charge in [0.25, 0.3) is 5.91 Å². The summed E-state index contributed by atoms with van der Waals surface area (Å²) in [5.41, 5.74) is 3.30. The molecule has 29 heavy (non-hydrogen) atoms. The van der Waals surface area contributed by atoms with Crippen LogP contribution in [-0.4, -0.2) is 58.3 Å². The summed E-state index contributed by atoms with van der Waals surface area (Å²) >= 11 is 0. The molecule has 7 heteroatoms. The first-order valence-electron chi connectivity index (χ1n) is 10.3. The number of piperazine rings is 1. The summed E-state index contributed by atoms with van der Waals surface area (Å²) in [6.45, 7) is 11.7. The van der Waals surface area contributed by atoms with Crippen molar-refractivity contribution in [1.29, 1.82) is 0 Å². The Hall–Kier alpha value is -2.93. The molecule has 0 radical (unpaired) electrons. The number of hydrogen-bond acceptors (Lipinski definition) is 5. The zero-order valence-corrected chi connectivity index (χ0v) is 17.3. The van der Waals surface area contributed by atoms with Crippen LogP contribution in [0.5, 0.6) is 0 Å². The van der Waals surface area contributed by atoms with Crippen LogP contribution in [0.3, 0.4) is 0 Å². The predicted octanol–water partition coefficient (Wildman–Crippen LogP) is 3.41. The van der Waals surface area contributed by atoms with E-state index in [9.17, 15) is 4.79 Å². The molecule has 1 N–H and O–H groups in total. The number of pyridine rings is 1. The molecule has 2 aromatic heterocycles. The third-order valence-electron chi connectivity index (χ3n) is 5.49. The molecule has 1 aliphatic rings. The molecule has 3 heterocycles. The maximum Gasteiger partial charge on any atom is 0.257 e. The van der Waals surface area contributed by atoms with Crippen LogP contribution in [0.1, 0.15) is 37.2 Å². The minimum absolute atomic E-state index is 0.166. The minimum atomic E-state index is -0.166. The number of amides is 1. The van der Waals surface area contributed by atoms with Gasteiger partial charge in [0, 0.05) is 55.2 Å². The van der Waals surface area contributed by atoms with Gasteiger partial charge in [-0.2, -0.15) is 5.10 Å². The van der Waals surface area contributed by atoms with Gasteiger partial charge < -0.3 is 15.1 Å². The largest absolute Gasteiger partial charge is 0.369 e. The number of fused-ring (bicyclic) bond motifs is 1. The van der Waals surface area contributed by atoms with Gasteiger partial charge in [0.2, 0.25) is 0 Å². The molecule has 0 spiro atoms. The fourth-order valence-corrected chi connectivity index (χ4v) is 3.72. The molecular weight excluding hydrogens is 364 g/mol. The van der Waals surface area contributed by atoms with E-state index < -0.39 is 0 Å². The van der Waals surface area contributed by atoms with Crippen LogP contribution in [0.15, 0.2) is 42.7 Å². The minimum Gasteiger partial charge on any atom is -0.369 e. The molecule has 3 aromatic rings. The molecular formula is C22H28N6O. The summed E-state index contributed by atoms with van der Waals surface area (Å²) in [6.07, 6.45) is 3.37. The fraction of sp³-hybridized carbons (Fsp3) is 0.409. The van der Waals surface area contributed by atoms with Crippen LogP contribution in [0.25, 0.3) is 11.0 Å². The average molecular weight is 393 g/mol. The van der Waals surface area contributed by atoms with Crippen LogP contribution in [0, 0.1) is 0 Å². The number of likely N-dealkylation sites (N-methyl/N-ethyl adjacent to an activating group) is 1. The lowest BCUT2D eigenvalue weighted by Gasteiger charge is -2.35. The zero-order chi connectivity index (χ0) is 20.4. The van der Waals surface area contributed by atoms with Crippen molar-refractivity contribution in [2.24, 2.45) is 0 Å². The smallest absolute Gasteiger partial charge is 0.257 e. The predicted molar refractivity (Wildman–Crippen MR) is 117 cm³/mol.